The van der Waals surface area contributed by atoms with Crippen LogP contribution < -0.4 is 10.0 Å². The van der Waals surface area contributed by atoms with Crippen molar-refractivity contribution in [2.45, 2.75) is 32.9 Å². The van der Waals surface area contributed by atoms with Crippen LogP contribution in [0.5, 0.6) is 0 Å². The van der Waals surface area contributed by atoms with E-state index in [1.54, 1.807) is 13.8 Å². The van der Waals surface area contributed by atoms with Crippen molar-refractivity contribution >= 4 is 23.3 Å². The molecule has 2 aromatic carbocycles. The van der Waals surface area contributed by atoms with Crippen molar-refractivity contribution in [2.24, 2.45) is 0 Å². The number of hydrogen-bond acceptors (Lipinski definition) is 4. The van der Waals surface area contributed by atoms with Gasteiger partial charge >= 0.3 is 0 Å². The van der Waals surface area contributed by atoms with Gasteiger partial charge in [0.1, 0.15) is 0 Å². The maximum absolute atomic E-state index is 9.96. The Bertz CT molecular complexity index is 643. The monoisotopic (exact) mass is 328 g/mol. The number of benzene rings is 2. The first-order chi connectivity index (χ1) is 10.8. The highest BCUT2D eigenvalue weighted by molar-refractivity contribution is 8.04. The molecule has 0 aliphatic carbocycles. The van der Waals surface area contributed by atoms with Crippen molar-refractivity contribution in [3.63, 3.8) is 0 Å². The van der Waals surface area contributed by atoms with E-state index in [2.05, 4.69) is 40.9 Å². The Balaban J connectivity index is 1.89. The van der Waals surface area contributed by atoms with Gasteiger partial charge in [-0.15, -0.1) is 0 Å². The van der Waals surface area contributed by atoms with Crippen LogP contribution in [0.1, 0.15) is 31.9 Å². The van der Waals surface area contributed by atoms with Crippen molar-refractivity contribution in [1.82, 2.24) is 0 Å². The average molecular weight is 328 g/mol. The van der Waals surface area contributed by atoms with Crippen LogP contribution in [0.4, 0.5) is 11.4 Å². The SMILES string of the molecule is C=C(C)SNc1ccc(CNc2ccc(C(C)(C)O)cc2)cc1. The van der Waals surface area contributed by atoms with Crippen LogP contribution >= 0.6 is 11.9 Å². The van der Waals surface area contributed by atoms with Crippen LogP contribution in [0.15, 0.2) is 60.0 Å². The van der Waals surface area contributed by atoms with E-state index in [1.165, 1.54) is 17.5 Å². The van der Waals surface area contributed by atoms with Crippen molar-refractivity contribution in [2.75, 3.05) is 10.0 Å². The summed E-state index contributed by atoms with van der Waals surface area (Å²) in [5.74, 6) is 0. The van der Waals surface area contributed by atoms with Gasteiger partial charge < -0.3 is 15.1 Å². The summed E-state index contributed by atoms with van der Waals surface area (Å²) in [7, 11) is 0. The predicted molar refractivity (Wildman–Crippen MR) is 101 cm³/mol. The Hall–Kier alpha value is -1.91. The van der Waals surface area contributed by atoms with Gasteiger partial charge in [-0.2, -0.15) is 0 Å². The van der Waals surface area contributed by atoms with Crippen LogP contribution in [0.3, 0.4) is 0 Å². The van der Waals surface area contributed by atoms with E-state index >= 15 is 0 Å². The van der Waals surface area contributed by atoms with Gasteiger partial charge in [0.25, 0.3) is 0 Å². The highest BCUT2D eigenvalue weighted by Crippen LogP contribution is 2.22. The number of anilines is 2. The summed E-state index contributed by atoms with van der Waals surface area (Å²) in [5, 5.41) is 13.3. The molecule has 0 heterocycles. The van der Waals surface area contributed by atoms with E-state index in [1.807, 2.05) is 31.2 Å². The maximum Gasteiger partial charge on any atom is 0.0840 e. The second-order valence-corrected chi connectivity index (χ2v) is 7.20. The quantitative estimate of drug-likeness (QED) is 0.617. The fourth-order valence-electron chi connectivity index (χ4n) is 2.04. The van der Waals surface area contributed by atoms with Gasteiger partial charge in [-0.25, -0.2) is 0 Å². The van der Waals surface area contributed by atoms with Gasteiger partial charge in [0, 0.05) is 17.9 Å². The minimum atomic E-state index is -0.802. The summed E-state index contributed by atoms with van der Waals surface area (Å²) < 4.78 is 3.24. The van der Waals surface area contributed by atoms with Gasteiger partial charge in [0.2, 0.25) is 0 Å². The van der Waals surface area contributed by atoms with E-state index < -0.39 is 5.60 Å². The third-order valence-electron chi connectivity index (χ3n) is 3.39. The fourth-order valence-corrected chi connectivity index (χ4v) is 2.46. The van der Waals surface area contributed by atoms with Gasteiger partial charge in [-0.1, -0.05) is 30.8 Å². The number of aliphatic hydroxyl groups is 1. The first kappa shape index (κ1) is 17.4. The molecule has 0 spiro atoms. The van der Waals surface area contributed by atoms with Crippen LogP contribution in [-0.4, -0.2) is 5.11 Å². The minimum absolute atomic E-state index is 0.760. The highest BCUT2D eigenvalue weighted by Gasteiger charge is 2.14. The molecule has 0 radical (unpaired) electrons. The van der Waals surface area contributed by atoms with Gasteiger partial charge in [-0.05, 0) is 73.0 Å². The van der Waals surface area contributed by atoms with Crippen LogP contribution in [0.2, 0.25) is 0 Å². The average Bonchev–Trinajstić information content (AvgIpc) is 2.51. The highest BCUT2D eigenvalue weighted by atomic mass is 32.2. The summed E-state index contributed by atoms with van der Waals surface area (Å²) >= 11 is 1.52. The topological polar surface area (TPSA) is 44.3 Å². The van der Waals surface area contributed by atoms with E-state index in [-0.39, 0.29) is 0 Å². The van der Waals surface area contributed by atoms with Crippen molar-refractivity contribution in [1.29, 1.82) is 0 Å². The summed E-state index contributed by atoms with van der Waals surface area (Å²) in [6, 6.07) is 16.2. The summed E-state index contributed by atoms with van der Waals surface area (Å²) in [5.41, 5.74) is 3.42. The normalized spacial score (nSPS) is 11.1. The molecule has 0 atom stereocenters. The lowest BCUT2D eigenvalue weighted by atomic mass is 9.98. The largest absolute Gasteiger partial charge is 0.386 e. The lowest BCUT2D eigenvalue weighted by Crippen LogP contribution is -2.15. The summed E-state index contributed by atoms with van der Waals surface area (Å²) in [4.78, 5) is 1.03. The molecular weight excluding hydrogens is 304 g/mol. The molecule has 2 rings (SSSR count). The smallest absolute Gasteiger partial charge is 0.0840 e. The Labute approximate surface area is 143 Å². The molecule has 23 heavy (non-hydrogen) atoms. The number of hydrogen-bond donors (Lipinski definition) is 3. The molecule has 0 saturated carbocycles. The minimum Gasteiger partial charge on any atom is -0.386 e. The molecule has 2 aromatic rings. The molecule has 0 aliphatic heterocycles. The molecule has 0 aliphatic rings. The summed E-state index contributed by atoms with van der Waals surface area (Å²) in [6.07, 6.45) is 0. The Morgan fingerprint density at radius 2 is 1.61 bits per heavy atom. The lowest BCUT2D eigenvalue weighted by Gasteiger charge is -2.18. The predicted octanol–water partition coefficient (Wildman–Crippen LogP) is 5.12. The first-order valence-corrected chi connectivity index (χ1v) is 8.40. The van der Waals surface area contributed by atoms with Crippen LogP contribution in [-0.2, 0) is 12.1 Å². The van der Waals surface area contributed by atoms with E-state index in [9.17, 15) is 5.11 Å². The number of allylic oxidation sites excluding steroid dienone is 1. The van der Waals surface area contributed by atoms with E-state index in [4.69, 9.17) is 0 Å². The van der Waals surface area contributed by atoms with E-state index in [0.717, 1.165) is 28.4 Å². The first-order valence-electron chi connectivity index (χ1n) is 7.59. The van der Waals surface area contributed by atoms with E-state index in [0.29, 0.717) is 0 Å². The second-order valence-electron chi connectivity index (χ2n) is 6.09. The molecule has 4 heteroatoms. The molecule has 0 fully saturated rings. The van der Waals surface area contributed by atoms with Crippen molar-refractivity contribution < 1.29 is 5.11 Å². The Kier molecular flexibility index (Phi) is 5.74. The zero-order valence-corrected chi connectivity index (χ0v) is 14.7. The Morgan fingerprint density at radius 1 is 1.04 bits per heavy atom. The van der Waals surface area contributed by atoms with Crippen molar-refractivity contribution in [3.05, 3.63) is 71.1 Å². The Morgan fingerprint density at radius 3 is 2.13 bits per heavy atom. The number of rotatable bonds is 7. The van der Waals surface area contributed by atoms with Crippen molar-refractivity contribution in [3.8, 4) is 0 Å². The molecule has 0 unspecified atom stereocenters. The van der Waals surface area contributed by atoms with Gasteiger partial charge in [-0.3, -0.25) is 0 Å². The zero-order chi connectivity index (χ0) is 16.9. The third kappa shape index (κ3) is 5.66. The fraction of sp³-hybridized carbons (Fsp3) is 0.263. The molecule has 0 bridgehead atoms. The lowest BCUT2D eigenvalue weighted by molar-refractivity contribution is 0.0786. The molecule has 122 valence electrons. The standard InChI is InChI=1S/C19H24N2OS/c1-14(2)23-21-18-9-5-15(6-10-18)13-20-17-11-7-16(8-12-17)19(3,4)22/h5-12,20-22H,1,13H2,2-4H3. The molecule has 3 nitrogen and oxygen atoms in total. The number of nitrogens with one attached hydrogen (secondary N) is 2. The third-order valence-corrected chi connectivity index (χ3v) is 4.07. The summed E-state index contributed by atoms with van der Waals surface area (Å²) in [6.45, 7) is 10.2. The zero-order valence-electron chi connectivity index (χ0n) is 13.9. The molecule has 0 saturated heterocycles. The molecule has 3 N–H and O–H groups in total. The molecule has 0 aromatic heterocycles. The van der Waals surface area contributed by atoms with Gasteiger partial charge in [0.15, 0.2) is 0 Å². The maximum atomic E-state index is 9.96. The molecular formula is C19H24N2OS. The second kappa shape index (κ2) is 7.57. The van der Waals surface area contributed by atoms with Crippen LogP contribution in [0.25, 0.3) is 0 Å². The van der Waals surface area contributed by atoms with Crippen LogP contribution in [0, 0.1) is 0 Å². The van der Waals surface area contributed by atoms with Gasteiger partial charge in [0.05, 0.1) is 5.60 Å². The molecule has 0 amide bonds.